The summed E-state index contributed by atoms with van der Waals surface area (Å²) in [6, 6.07) is 4.92. The summed E-state index contributed by atoms with van der Waals surface area (Å²) in [4.78, 5) is 11.7. The molecule has 1 aromatic rings. The van der Waals surface area contributed by atoms with Crippen LogP contribution in [-0.2, 0) is 14.2 Å². The lowest BCUT2D eigenvalue weighted by atomic mass is 10.1. The van der Waals surface area contributed by atoms with Crippen molar-refractivity contribution in [3.05, 3.63) is 28.8 Å². The highest BCUT2D eigenvalue weighted by Crippen LogP contribution is 2.25. The summed E-state index contributed by atoms with van der Waals surface area (Å²) in [6.07, 6.45) is 0. The Balaban J connectivity index is 2.12. The highest BCUT2D eigenvalue weighted by atomic mass is 35.5. The zero-order chi connectivity index (χ0) is 14.8. The number of nitrogens with one attached hydrogen (secondary N) is 1. The molecule has 0 aromatic heterocycles. The highest BCUT2D eigenvalue weighted by Gasteiger charge is 2.28. The molecule has 1 N–H and O–H groups in total. The topological polar surface area (TPSA) is 56.8 Å². The summed E-state index contributed by atoms with van der Waals surface area (Å²) >= 11 is 5.97. The van der Waals surface area contributed by atoms with E-state index < -0.39 is 11.8 Å². The number of halogens is 1. The van der Waals surface area contributed by atoms with Crippen molar-refractivity contribution in [2.45, 2.75) is 25.7 Å². The average molecular weight is 300 g/mol. The van der Waals surface area contributed by atoms with Crippen LogP contribution in [0.1, 0.15) is 24.2 Å². The van der Waals surface area contributed by atoms with Gasteiger partial charge in [0.25, 0.3) is 0 Å². The summed E-state index contributed by atoms with van der Waals surface area (Å²) in [7, 11) is 1.34. The fraction of sp³-hybridized carbons (Fsp3) is 0.500. The van der Waals surface area contributed by atoms with Crippen LogP contribution in [0.4, 0.5) is 5.69 Å². The van der Waals surface area contributed by atoms with Crippen LogP contribution >= 0.6 is 11.6 Å². The molecule has 2 rings (SSSR count). The molecule has 0 bridgehead atoms. The molecule has 1 saturated heterocycles. The first-order chi connectivity index (χ1) is 9.41. The Bertz CT molecular complexity index is 494. The molecule has 0 aliphatic carbocycles. The van der Waals surface area contributed by atoms with Gasteiger partial charge in [0.2, 0.25) is 0 Å². The van der Waals surface area contributed by atoms with Crippen LogP contribution in [0.3, 0.4) is 0 Å². The van der Waals surface area contributed by atoms with Gasteiger partial charge in [0, 0.05) is 5.02 Å². The molecule has 1 aliphatic heterocycles. The maximum Gasteiger partial charge on any atom is 0.339 e. The largest absolute Gasteiger partial charge is 0.465 e. The van der Waals surface area contributed by atoms with Gasteiger partial charge in [0.1, 0.15) is 0 Å². The third-order valence-corrected chi connectivity index (χ3v) is 3.25. The molecule has 5 nitrogen and oxygen atoms in total. The minimum Gasteiger partial charge on any atom is -0.465 e. The van der Waals surface area contributed by atoms with Gasteiger partial charge in [-0.05, 0) is 32.0 Å². The van der Waals surface area contributed by atoms with Crippen LogP contribution in [-0.4, -0.2) is 38.1 Å². The number of rotatable bonds is 3. The number of esters is 1. The Labute approximate surface area is 123 Å². The first-order valence-electron chi connectivity index (χ1n) is 6.33. The van der Waals surface area contributed by atoms with Crippen molar-refractivity contribution in [2.24, 2.45) is 0 Å². The van der Waals surface area contributed by atoms with Gasteiger partial charge in [-0.3, -0.25) is 0 Å². The summed E-state index contributed by atoms with van der Waals surface area (Å²) in [5.41, 5.74) is 1.04. The minimum absolute atomic E-state index is 0.0510. The van der Waals surface area contributed by atoms with Crippen LogP contribution in [0.15, 0.2) is 18.2 Å². The molecule has 0 spiro atoms. The Morgan fingerprint density at radius 1 is 1.40 bits per heavy atom. The van der Waals surface area contributed by atoms with Crippen molar-refractivity contribution in [3.8, 4) is 0 Å². The number of methoxy groups -OCH3 is 1. The van der Waals surface area contributed by atoms with E-state index in [1.54, 1.807) is 18.2 Å². The molecule has 1 heterocycles. The predicted molar refractivity (Wildman–Crippen MR) is 76.2 cm³/mol. The van der Waals surface area contributed by atoms with E-state index in [2.05, 4.69) is 5.32 Å². The van der Waals surface area contributed by atoms with E-state index in [9.17, 15) is 4.79 Å². The second kappa shape index (κ2) is 5.99. The second-order valence-electron chi connectivity index (χ2n) is 5.04. The summed E-state index contributed by atoms with van der Waals surface area (Å²) in [5, 5.41) is 3.75. The van der Waals surface area contributed by atoms with Gasteiger partial charge in [-0.15, -0.1) is 0 Å². The van der Waals surface area contributed by atoms with Gasteiger partial charge in [0.05, 0.1) is 37.6 Å². The molecule has 0 atom stereocenters. The van der Waals surface area contributed by atoms with Gasteiger partial charge >= 0.3 is 5.97 Å². The second-order valence-corrected chi connectivity index (χ2v) is 5.48. The van der Waals surface area contributed by atoms with Crippen molar-refractivity contribution in [1.82, 2.24) is 0 Å². The van der Waals surface area contributed by atoms with Crippen LogP contribution < -0.4 is 5.32 Å². The zero-order valence-electron chi connectivity index (χ0n) is 11.7. The quantitative estimate of drug-likeness (QED) is 0.870. The van der Waals surface area contributed by atoms with Crippen LogP contribution in [0.2, 0.25) is 5.02 Å². The molecule has 0 amide bonds. The molecule has 0 radical (unpaired) electrons. The average Bonchev–Trinajstić information content (AvgIpc) is 2.40. The molecular weight excluding hydrogens is 282 g/mol. The molecule has 110 valence electrons. The number of carbonyl (C=O) groups is 1. The van der Waals surface area contributed by atoms with E-state index in [0.29, 0.717) is 29.5 Å². The van der Waals surface area contributed by atoms with Crippen molar-refractivity contribution >= 4 is 23.3 Å². The Morgan fingerprint density at radius 3 is 2.65 bits per heavy atom. The van der Waals surface area contributed by atoms with E-state index in [1.165, 1.54) is 7.11 Å². The highest BCUT2D eigenvalue weighted by molar-refractivity contribution is 6.31. The molecule has 1 aliphatic rings. The number of anilines is 1. The van der Waals surface area contributed by atoms with E-state index in [1.807, 2.05) is 13.8 Å². The first-order valence-corrected chi connectivity index (χ1v) is 6.71. The standard InChI is InChI=1S/C14H18ClNO4/c1-14(2)19-7-10(8-20-14)16-12-6-9(15)4-5-11(12)13(17)18-3/h4-6,10,16H,7-8H2,1-3H3. The lowest BCUT2D eigenvalue weighted by Gasteiger charge is -2.35. The van der Waals surface area contributed by atoms with Gasteiger partial charge in [-0.2, -0.15) is 0 Å². The lowest BCUT2D eigenvalue weighted by Crippen LogP contribution is -2.45. The first kappa shape index (κ1) is 15.1. The zero-order valence-corrected chi connectivity index (χ0v) is 12.5. The van der Waals surface area contributed by atoms with E-state index in [0.717, 1.165) is 0 Å². The molecule has 20 heavy (non-hydrogen) atoms. The van der Waals surface area contributed by atoms with Crippen LogP contribution in [0.25, 0.3) is 0 Å². The number of ether oxygens (including phenoxy) is 3. The van der Waals surface area contributed by atoms with Gasteiger partial charge in [-0.1, -0.05) is 11.6 Å². The number of hydrogen-bond acceptors (Lipinski definition) is 5. The normalized spacial score (nSPS) is 18.6. The molecule has 1 aromatic carbocycles. The maximum atomic E-state index is 11.7. The third kappa shape index (κ3) is 3.62. The number of hydrogen-bond donors (Lipinski definition) is 1. The summed E-state index contributed by atoms with van der Waals surface area (Å²) in [5.74, 6) is -0.986. The van der Waals surface area contributed by atoms with E-state index in [-0.39, 0.29) is 6.04 Å². The lowest BCUT2D eigenvalue weighted by molar-refractivity contribution is -0.247. The molecule has 0 unspecified atom stereocenters. The molecule has 1 fully saturated rings. The Morgan fingerprint density at radius 2 is 2.05 bits per heavy atom. The number of carbonyl (C=O) groups excluding carboxylic acids is 1. The van der Waals surface area contributed by atoms with Gasteiger partial charge in [0.15, 0.2) is 5.79 Å². The van der Waals surface area contributed by atoms with Crippen LogP contribution in [0.5, 0.6) is 0 Å². The monoisotopic (exact) mass is 299 g/mol. The fourth-order valence-corrected chi connectivity index (χ4v) is 2.09. The minimum atomic E-state index is -0.572. The van der Waals surface area contributed by atoms with E-state index in [4.69, 9.17) is 25.8 Å². The summed E-state index contributed by atoms with van der Waals surface area (Å²) in [6.45, 7) is 4.70. The van der Waals surface area contributed by atoms with Crippen LogP contribution in [0, 0.1) is 0 Å². The van der Waals surface area contributed by atoms with E-state index >= 15 is 0 Å². The van der Waals surface area contributed by atoms with Gasteiger partial charge in [-0.25, -0.2) is 4.79 Å². The van der Waals surface area contributed by atoms with Crippen molar-refractivity contribution in [2.75, 3.05) is 25.6 Å². The predicted octanol–water partition coefficient (Wildman–Crippen LogP) is 2.69. The maximum absolute atomic E-state index is 11.7. The smallest absolute Gasteiger partial charge is 0.339 e. The molecule has 6 heteroatoms. The van der Waals surface area contributed by atoms with Crippen molar-refractivity contribution in [3.63, 3.8) is 0 Å². The molecular formula is C14H18ClNO4. The third-order valence-electron chi connectivity index (χ3n) is 3.01. The molecule has 0 saturated carbocycles. The Hall–Kier alpha value is -1.30. The fourth-order valence-electron chi connectivity index (χ4n) is 1.92. The van der Waals surface area contributed by atoms with Gasteiger partial charge < -0.3 is 19.5 Å². The summed E-state index contributed by atoms with van der Waals surface area (Å²) < 4.78 is 15.9. The number of benzene rings is 1. The Kier molecular flexibility index (Phi) is 4.52. The SMILES string of the molecule is COC(=O)c1ccc(Cl)cc1NC1COC(C)(C)OC1. The van der Waals surface area contributed by atoms with Crippen molar-refractivity contribution in [1.29, 1.82) is 0 Å². The van der Waals surface area contributed by atoms with Crippen molar-refractivity contribution < 1.29 is 19.0 Å².